The number of carbonyl (C=O) groups excluding carboxylic acids is 1. The number of nitrogens with two attached hydrogens (primary N) is 1. The molecule has 0 aliphatic heterocycles. The van der Waals surface area contributed by atoms with E-state index in [0.29, 0.717) is 0 Å². The van der Waals surface area contributed by atoms with Gasteiger partial charge in [-0.2, -0.15) is 0 Å². The highest BCUT2D eigenvalue weighted by atomic mass is 16.5. The molecule has 3 heteroatoms. The Morgan fingerprint density at radius 2 is 1.79 bits per heavy atom. The number of carbonyl (C=O) groups is 1. The summed E-state index contributed by atoms with van der Waals surface area (Å²) in [6.07, 6.45) is 0.189. The predicted molar refractivity (Wildman–Crippen MR) is 75.4 cm³/mol. The first-order valence-electron chi connectivity index (χ1n) is 6.18. The van der Waals surface area contributed by atoms with Gasteiger partial charge in [0.2, 0.25) is 0 Å². The van der Waals surface area contributed by atoms with E-state index in [4.69, 9.17) is 5.73 Å². The lowest BCUT2D eigenvalue weighted by Gasteiger charge is -2.12. The Bertz CT molecular complexity index is 552. The summed E-state index contributed by atoms with van der Waals surface area (Å²) in [6.45, 7) is 0. The normalized spacial score (nSPS) is 11.9. The molecule has 98 valence electrons. The van der Waals surface area contributed by atoms with Gasteiger partial charge in [0.05, 0.1) is 13.5 Å². The molecule has 0 aromatic heterocycles. The molecule has 2 N–H and O–H groups in total. The fourth-order valence-corrected chi connectivity index (χ4v) is 1.96. The topological polar surface area (TPSA) is 52.3 Å². The van der Waals surface area contributed by atoms with Crippen LogP contribution in [0, 0.1) is 0 Å². The summed E-state index contributed by atoms with van der Waals surface area (Å²) in [5, 5.41) is 0. The molecule has 2 aromatic carbocycles. The molecule has 0 spiro atoms. The highest BCUT2D eigenvalue weighted by Crippen LogP contribution is 2.23. The molecule has 19 heavy (non-hydrogen) atoms. The van der Waals surface area contributed by atoms with E-state index < -0.39 is 0 Å². The van der Waals surface area contributed by atoms with Crippen LogP contribution in [0.5, 0.6) is 0 Å². The van der Waals surface area contributed by atoms with Crippen LogP contribution < -0.4 is 5.73 Å². The molecular formula is C16H17NO2. The highest BCUT2D eigenvalue weighted by Gasteiger charge is 2.12. The Morgan fingerprint density at radius 3 is 2.47 bits per heavy atom. The van der Waals surface area contributed by atoms with Crippen molar-refractivity contribution in [2.45, 2.75) is 12.5 Å². The molecule has 0 heterocycles. The summed E-state index contributed by atoms with van der Waals surface area (Å²) in [7, 11) is 1.37. The summed E-state index contributed by atoms with van der Waals surface area (Å²) in [5.74, 6) is -0.294. The second-order valence-electron chi connectivity index (χ2n) is 4.38. The molecule has 2 aromatic rings. The van der Waals surface area contributed by atoms with Crippen LogP contribution in [0.25, 0.3) is 11.1 Å². The van der Waals surface area contributed by atoms with E-state index in [1.807, 2.05) is 54.6 Å². The molecule has 0 amide bonds. The van der Waals surface area contributed by atoms with Gasteiger partial charge in [-0.25, -0.2) is 0 Å². The molecule has 1 atom stereocenters. The molecule has 0 saturated carbocycles. The first-order chi connectivity index (χ1) is 9.20. The van der Waals surface area contributed by atoms with Gasteiger partial charge in [0.15, 0.2) is 0 Å². The van der Waals surface area contributed by atoms with E-state index in [1.54, 1.807) is 0 Å². The van der Waals surface area contributed by atoms with E-state index >= 15 is 0 Å². The lowest BCUT2D eigenvalue weighted by atomic mass is 9.98. The van der Waals surface area contributed by atoms with Crippen LogP contribution in [-0.2, 0) is 9.53 Å². The predicted octanol–water partition coefficient (Wildman–Crippen LogP) is 2.92. The fourth-order valence-electron chi connectivity index (χ4n) is 1.96. The van der Waals surface area contributed by atoms with Crippen LogP contribution in [0.3, 0.4) is 0 Å². The molecule has 0 aliphatic rings. The molecule has 0 unspecified atom stereocenters. The lowest BCUT2D eigenvalue weighted by molar-refractivity contribution is -0.141. The monoisotopic (exact) mass is 255 g/mol. The minimum absolute atomic E-state index is 0.189. The van der Waals surface area contributed by atoms with Gasteiger partial charge in [-0.05, 0) is 22.8 Å². The minimum atomic E-state index is -0.337. The summed E-state index contributed by atoms with van der Waals surface area (Å²) >= 11 is 0. The van der Waals surface area contributed by atoms with E-state index in [-0.39, 0.29) is 18.4 Å². The number of rotatable bonds is 4. The van der Waals surface area contributed by atoms with Gasteiger partial charge in [0.1, 0.15) is 0 Å². The quantitative estimate of drug-likeness (QED) is 0.855. The molecule has 0 aliphatic carbocycles. The zero-order valence-corrected chi connectivity index (χ0v) is 10.9. The van der Waals surface area contributed by atoms with Crippen LogP contribution in [0.1, 0.15) is 18.0 Å². The van der Waals surface area contributed by atoms with Crippen LogP contribution in [0.15, 0.2) is 54.6 Å². The first-order valence-corrected chi connectivity index (χ1v) is 6.18. The van der Waals surface area contributed by atoms with Crippen LogP contribution in [0.2, 0.25) is 0 Å². The Labute approximate surface area is 113 Å². The number of esters is 1. The largest absolute Gasteiger partial charge is 0.469 e. The average molecular weight is 255 g/mol. The maximum absolute atomic E-state index is 11.2. The molecule has 0 bridgehead atoms. The van der Waals surface area contributed by atoms with Gasteiger partial charge in [-0.15, -0.1) is 0 Å². The van der Waals surface area contributed by atoms with Crippen molar-refractivity contribution in [2.24, 2.45) is 5.73 Å². The molecular weight excluding hydrogens is 238 g/mol. The zero-order valence-electron chi connectivity index (χ0n) is 10.9. The lowest BCUT2D eigenvalue weighted by Crippen LogP contribution is -2.16. The summed E-state index contributed by atoms with van der Waals surface area (Å²) in [5.41, 5.74) is 9.18. The van der Waals surface area contributed by atoms with Gasteiger partial charge in [-0.1, -0.05) is 48.5 Å². The summed E-state index contributed by atoms with van der Waals surface area (Å²) in [6, 6.07) is 17.7. The summed E-state index contributed by atoms with van der Waals surface area (Å²) in [4.78, 5) is 11.2. The van der Waals surface area contributed by atoms with E-state index in [1.165, 1.54) is 7.11 Å². The SMILES string of the molecule is COC(=O)C[C@@H](N)c1cccc(-c2ccccc2)c1. The maximum atomic E-state index is 11.2. The second-order valence-corrected chi connectivity index (χ2v) is 4.38. The van der Waals surface area contributed by atoms with Crippen molar-refractivity contribution < 1.29 is 9.53 Å². The van der Waals surface area contributed by atoms with E-state index in [9.17, 15) is 4.79 Å². The number of benzene rings is 2. The van der Waals surface area contributed by atoms with E-state index in [2.05, 4.69) is 4.74 Å². The van der Waals surface area contributed by atoms with Crippen LogP contribution >= 0.6 is 0 Å². The molecule has 3 nitrogen and oxygen atoms in total. The minimum Gasteiger partial charge on any atom is -0.469 e. The van der Waals surface area contributed by atoms with Crippen molar-refractivity contribution >= 4 is 5.97 Å². The van der Waals surface area contributed by atoms with E-state index in [0.717, 1.165) is 16.7 Å². The third kappa shape index (κ3) is 3.42. The van der Waals surface area contributed by atoms with Crippen LogP contribution in [-0.4, -0.2) is 13.1 Å². The summed E-state index contributed by atoms with van der Waals surface area (Å²) < 4.78 is 4.64. The first kappa shape index (κ1) is 13.3. The van der Waals surface area contributed by atoms with Crippen LogP contribution in [0.4, 0.5) is 0 Å². The number of ether oxygens (including phenoxy) is 1. The van der Waals surface area contributed by atoms with Crippen molar-refractivity contribution in [2.75, 3.05) is 7.11 Å². The highest BCUT2D eigenvalue weighted by molar-refractivity contribution is 5.70. The molecule has 0 saturated heterocycles. The van der Waals surface area contributed by atoms with Gasteiger partial charge in [0.25, 0.3) is 0 Å². The van der Waals surface area contributed by atoms with Crippen molar-refractivity contribution in [3.8, 4) is 11.1 Å². The molecule has 0 fully saturated rings. The van der Waals surface area contributed by atoms with Crippen molar-refractivity contribution in [3.63, 3.8) is 0 Å². The Morgan fingerprint density at radius 1 is 1.11 bits per heavy atom. The standard InChI is InChI=1S/C16H17NO2/c1-19-16(18)11-15(17)14-9-5-8-13(10-14)12-6-3-2-4-7-12/h2-10,15H,11,17H2,1H3/t15-/m1/s1. The Balaban J connectivity index is 2.22. The smallest absolute Gasteiger partial charge is 0.307 e. The number of hydrogen-bond acceptors (Lipinski definition) is 3. The Hall–Kier alpha value is -2.13. The van der Waals surface area contributed by atoms with Crippen molar-refractivity contribution in [1.29, 1.82) is 0 Å². The molecule has 2 rings (SSSR count). The average Bonchev–Trinajstić information content (AvgIpc) is 2.48. The van der Waals surface area contributed by atoms with Gasteiger partial charge >= 0.3 is 5.97 Å². The van der Waals surface area contributed by atoms with Gasteiger partial charge < -0.3 is 10.5 Å². The van der Waals surface area contributed by atoms with Crippen molar-refractivity contribution in [1.82, 2.24) is 0 Å². The Kier molecular flexibility index (Phi) is 4.31. The molecule has 0 radical (unpaired) electrons. The number of methoxy groups -OCH3 is 1. The number of hydrogen-bond donors (Lipinski definition) is 1. The van der Waals surface area contributed by atoms with Crippen molar-refractivity contribution in [3.05, 3.63) is 60.2 Å². The zero-order chi connectivity index (χ0) is 13.7. The second kappa shape index (κ2) is 6.16. The fraction of sp³-hybridized carbons (Fsp3) is 0.188. The maximum Gasteiger partial charge on any atom is 0.307 e. The van der Waals surface area contributed by atoms with Gasteiger partial charge in [0, 0.05) is 6.04 Å². The third-order valence-corrected chi connectivity index (χ3v) is 3.04. The third-order valence-electron chi connectivity index (χ3n) is 3.04. The van der Waals surface area contributed by atoms with Gasteiger partial charge in [-0.3, -0.25) is 4.79 Å².